The van der Waals surface area contributed by atoms with Gasteiger partial charge >= 0.3 is 0 Å². The van der Waals surface area contributed by atoms with E-state index in [4.69, 9.17) is 11.6 Å². The van der Waals surface area contributed by atoms with Gasteiger partial charge in [-0.1, -0.05) is 25.4 Å². The molecule has 1 saturated heterocycles. The summed E-state index contributed by atoms with van der Waals surface area (Å²) in [6.07, 6.45) is 3.17. The lowest BCUT2D eigenvalue weighted by atomic mass is 10.1. The number of aryl methyl sites for hydroxylation is 1. The fourth-order valence-electron chi connectivity index (χ4n) is 2.55. The predicted octanol–water partition coefficient (Wildman–Crippen LogP) is 3.32. The first-order chi connectivity index (χ1) is 8.10. The highest BCUT2D eigenvalue weighted by Gasteiger charge is 2.27. The zero-order valence-electron chi connectivity index (χ0n) is 10.8. The molecule has 2 unspecified atom stereocenters. The van der Waals surface area contributed by atoms with Gasteiger partial charge in [0.25, 0.3) is 0 Å². The van der Waals surface area contributed by atoms with E-state index in [9.17, 15) is 0 Å². The highest BCUT2D eigenvalue weighted by Crippen LogP contribution is 2.28. The van der Waals surface area contributed by atoms with Gasteiger partial charge in [0.05, 0.1) is 0 Å². The van der Waals surface area contributed by atoms with Crippen LogP contribution in [0.4, 0.5) is 5.82 Å². The molecule has 17 heavy (non-hydrogen) atoms. The summed E-state index contributed by atoms with van der Waals surface area (Å²) in [6.45, 7) is 7.73. The van der Waals surface area contributed by atoms with Gasteiger partial charge in [0.1, 0.15) is 16.8 Å². The van der Waals surface area contributed by atoms with Crippen molar-refractivity contribution in [2.75, 3.05) is 11.4 Å². The van der Waals surface area contributed by atoms with Crippen molar-refractivity contribution in [2.24, 2.45) is 5.92 Å². The summed E-state index contributed by atoms with van der Waals surface area (Å²) in [7, 11) is 0. The fraction of sp³-hybridized carbons (Fsp3) is 0.692. The van der Waals surface area contributed by atoms with Crippen molar-refractivity contribution < 1.29 is 0 Å². The molecule has 0 bridgehead atoms. The van der Waals surface area contributed by atoms with Gasteiger partial charge in [0.15, 0.2) is 0 Å². The Hall–Kier alpha value is -0.830. The maximum Gasteiger partial charge on any atom is 0.134 e. The fourth-order valence-corrected chi connectivity index (χ4v) is 2.75. The van der Waals surface area contributed by atoms with E-state index < -0.39 is 0 Å². The molecule has 1 aliphatic heterocycles. The maximum absolute atomic E-state index is 6.07. The molecule has 2 atom stereocenters. The molecular weight excluding hydrogens is 234 g/mol. The van der Waals surface area contributed by atoms with Crippen LogP contribution in [0.2, 0.25) is 5.15 Å². The average Bonchev–Trinajstić information content (AvgIpc) is 2.57. The summed E-state index contributed by atoms with van der Waals surface area (Å²) in [6, 6.07) is 2.43. The minimum atomic E-state index is 0.547. The molecule has 0 radical (unpaired) electrons. The highest BCUT2D eigenvalue weighted by molar-refractivity contribution is 6.29. The van der Waals surface area contributed by atoms with Crippen molar-refractivity contribution in [1.29, 1.82) is 0 Å². The Morgan fingerprint density at radius 1 is 1.41 bits per heavy atom. The van der Waals surface area contributed by atoms with Crippen LogP contribution in [0.3, 0.4) is 0 Å². The normalized spacial score (nSPS) is 24.4. The lowest BCUT2D eigenvalue weighted by molar-refractivity contribution is 0.625. The second kappa shape index (κ2) is 5.21. The zero-order valence-corrected chi connectivity index (χ0v) is 11.5. The minimum Gasteiger partial charge on any atom is -0.353 e. The molecule has 3 nitrogen and oxygen atoms in total. The van der Waals surface area contributed by atoms with E-state index in [1.165, 1.54) is 6.42 Å². The van der Waals surface area contributed by atoms with Crippen molar-refractivity contribution in [3.05, 3.63) is 17.0 Å². The van der Waals surface area contributed by atoms with Crippen LogP contribution in [0.25, 0.3) is 0 Å². The van der Waals surface area contributed by atoms with Gasteiger partial charge in [-0.05, 0) is 25.7 Å². The third-order valence-electron chi connectivity index (χ3n) is 3.28. The van der Waals surface area contributed by atoms with E-state index in [1.807, 2.05) is 6.07 Å². The Labute approximate surface area is 108 Å². The second-order valence-corrected chi connectivity index (χ2v) is 5.44. The Kier molecular flexibility index (Phi) is 3.87. The molecule has 0 saturated carbocycles. The molecule has 1 aromatic heterocycles. The monoisotopic (exact) mass is 253 g/mol. The first kappa shape index (κ1) is 12.6. The number of hydrogen-bond donors (Lipinski definition) is 0. The first-order valence-corrected chi connectivity index (χ1v) is 6.78. The molecule has 2 rings (SSSR count). The van der Waals surface area contributed by atoms with Crippen LogP contribution in [0.15, 0.2) is 6.07 Å². The number of halogens is 1. The number of anilines is 1. The average molecular weight is 254 g/mol. The van der Waals surface area contributed by atoms with Crippen LogP contribution in [-0.2, 0) is 6.42 Å². The molecule has 0 N–H and O–H groups in total. The number of aromatic nitrogens is 2. The van der Waals surface area contributed by atoms with Gasteiger partial charge < -0.3 is 4.90 Å². The summed E-state index contributed by atoms with van der Waals surface area (Å²) in [5.41, 5.74) is 0. The van der Waals surface area contributed by atoms with E-state index in [2.05, 4.69) is 35.6 Å². The molecule has 0 amide bonds. The Morgan fingerprint density at radius 3 is 2.76 bits per heavy atom. The van der Waals surface area contributed by atoms with E-state index in [1.54, 1.807) is 0 Å². The number of hydrogen-bond acceptors (Lipinski definition) is 3. The van der Waals surface area contributed by atoms with Gasteiger partial charge in [-0.2, -0.15) is 0 Å². The molecule has 0 aliphatic carbocycles. The summed E-state index contributed by atoms with van der Waals surface area (Å²) < 4.78 is 0. The van der Waals surface area contributed by atoms with Crippen LogP contribution in [0.1, 0.15) is 39.4 Å². The third kappa shape index (κ3) is 2.89. The van der Waals surface area contributed by atoms with E-state index >= 15 is 0 Å². The van der Waals surface area contributed by atoms with Gasteiger partial charge in [-0.15, -0.1) is 0 Å². The molecule has 0 spiro atoms. The summed E-state index contributed by atoms with van der Waals surface area (Å²) in [5, 5.41) is 0.560. The van der Waals surface area contributed by atoms with Gasteiger partial charge in [0, 0.05) is 25.1 Å². The molecule has 0 aromatic carbocycles. The van der Waals surface area contributed by atoms with Crippen molar-refractivity contribution >= 4 is 17.4 Å². The van der Waals surface area contributed by atoms with E-state index in [-0.39, 0.29) is 0 Å². The zero-order chi connectivity index (χ0) is 12.4. The largest absolute Gasteiger partial charge is 0.353 e. The Morgan fingerprint density at radius 2 is 2.18 bits per heavy atom. The summed E-state index contributed by atoms with van der Waals surface area (Å²) in [5.74, 6) is 2.58. The Bertz CT molecular complexity index is 394. The van der Waals surface area contributed by atoms with Crippen LogP contribution in [0.5, 0.6) is 0 Å². The molecule has 1 aromatic rings. The van der Waals surface area contributed by atoms with Gasteiger partial charge in [-0.3, -0.25) is 0 Å². The molecule has 2 heterocycles. The summed E-state index contributed by atoms with van der Waals surface area (Å²) in [4.78, 5) is 11.2. The van der Waals surface area contributed by atoms with Crippen molar-refractivity contribution in [1.82, 2.24) is 9.97 Å². The quantitative estimate of drug-likeness (QED) is 0.774. The molecule has 1 fully saturated rings. The number of nitrogens with zero attached hydrogens (tertiary/aromatic N) is 3. The van der Waals surface area contributed by atoms with Crippen LogP contribution >= 0.6 is 11.6 Å². The SMILES string of the molecule is CCCc1nc(Cl)cc(N2CC(C)CC2C)n1. The van der Waals surface area contributed by atoms with Crippen LogP contribution < -0.4 is 4.90 Å². The third-order valence-corrected chi connectivity index (χ3v) is 3.47. The lowest BCUT2D eigenvalue weighted by Gasteiger charge is -2.23. The number of rotatable bonds is 3. The molecular formula is C13H20ClN3. The van der Waals surface area contributed by atoms with Crippen molar-refractivity contribution in [3.8, 4) is 0 Å². The summed E-state index contributed by atoms with van der Waals surface area (Å²) >= 11 is 6.07. The van der Waals surface area contributed by atoms with Crippen LogP contribution in [-0.4, -0.2) is 22.6 Å². The minimum absolute atomic E-state index is 0.547. The molecule has 94 valence electrons. The first-order valence-electron chi connectivity index (χ1n) is 6.40. The van der Waals surface area contributed by atoms with E-state index in [0.717, 1.165) is 36.9 Å². The molecule has 1 aliphatic rings. The topological polar surface area (TPSA) is 29.0 Å². The van der Waals surface area contributed by atoms with Crippen LogP contribution in [0, 0.1) is 5.92 Å². The molecule has 4 heteroatoms. The van der Waals surface area contributed by atoms with E-state index in [0.29, 0.717) is 11.2 Å². The standard InChI is InChI=1S/C13H20ClN3/c1-4-5-12-15-11(14)7-13(16-12)17-8-9(2)6-10(17)3/h7,9-10H,4-6,8H2,1-3H3. The van der Waals surface area contributed by atoms with Crippen molar-refractivity contribution in [3.63, 3.8) is 0 Å². The predicted molar refractivity (Wildman–Crippen MR) is 71.6 cm³/mol. The Balaban J connectivity index is 2.25. The lowest BCUT2D eigenvalue weighted by Crippen LogP contribution is -2.28. The second-order valence-electron chi connectivity index (χ2n) is 5.06. The smallest absolute Gasteiger partial charge is 0.134 e. The highest BCUT2D eigenvalue weighted by atomic mass is 35.5. The van der Waals surface area contributed by atoms with Crippen molar-refractivity contribution in [2.45, 2.75) is 46.1 Å². The van der Waals surface area contributed by atoms with Gasteiger partial charge in [0.2, 0.25) is 0 Å². The maximum atomic E-state index is 6.07. The van der Waals surface area contributed by atoms with Gasteiger partial charge in [-0.25, -0.2) is 9.97 Å².